The standard InChI is InChI=1S/C48H64N6O13/c49-11-17-59-23-29-65-33-27-63-21-15-53-45(55)37-5-1-3-35-41(9-7-39(43(35)37)47(53)57)51-13-19-61-25-31-67-32-26-62-20-14-52-42-10-8-40-44-36(42)4-2-6-38(44)46(56)54(48(40)58)16-22-64-28-34-66-30-24-60-18-12-50/h1-10,51-52H,11-34,49-50H2. The molecule has 6 rings (SSSR count). The van der Waals surface area contributed by atoms with E-state index in [0.29, 0.717) is 165 Å². The SMILES string of the molecule is NCCOCCOCCOCCN1C(=O)c2cccc3c(NCCOCCOCCOCCNc4ccc5c6c(cccc46)C(=O)N(CCOCCOCCOCCN)C5=O)ccc(c23)C1=O. The second-order valence-corrected chi connectivity index (χ2v) is 15.2. The smallest absolute Gasteiger partial charge is 0.261 e. The van der Waals surface area contributed by atoms with Gasteiger partial charge in [0.1, 0.15) is 0 Å². The summed E-state index contributed by atoms with van der Waals surface area (Å²) >= 11 is 0. The Kier molecular flexibility index (Phi) is 21.6. The molecule has 6 N–H and O–H groups in total. The molecule has 4 aromatic rings. The first-order valence-corrected chi connectivity index (χ1v) is 22.9. The van der Waals surface area contributed by atoms with Crippen LogP contribution in [0, 0.1) is 0 Å². The lowest BCUT2D eigenvalue weighted by Crippen LogP contribution is -2.42. The van der Waals surface area contributed by atoms with Crippen molar-refractivity contribution in [1.29, 1.82) is 0 Å². The Balaban J connectivity index is 0.820. The van der Waals surface area contributed by atoms with Crippen molar-refractivity contribution in [2.24, 2.45) is 11.5 Å². The molecule has 0 fully saturated rings. The summed E-state index contributed by atoms with van der Waals surface area (Å²) in [5, 5.41) is 9.59. The van der Waals surface area contributed by atoms with Gasteiger partial charge in [0.15, 0.2) is 0 Å². The van der Waals surface area contributed by atoms with E-state index in [0.717, 1.165) is 22.1 Å². The van der Waals surface area contributed by atoms with Crippen molar-refractivity contribution in [2.75, 3.05) is 169 Å². The number of nitrogens with zero attached hydrogens (tertiary/aromatic N) is 2. The lowest BCUT2D eigenvalue weighted by Gasteiger charge is -2.27. The fraction of sp³-hybridized carbons (Fsp3) is 0.500. The van der Waals surface area contributed by atoms with Crippen LogP contribution in [0.1, 0.15) is 41.4 Å². The number of anilines is 2. The summed E-state index contributed by atoms with van der Waals surface area (Å²) in [6.07, 6.45) is 0. The zero-order valence-corrected chi connectivity index (χ0v) is 38.1. The van der Waals surface area contributed by atoms with Crippen LogP contribution in [0.15, 0.2) is 60.7 Å². The zero-order valence-electron chi connectivity index (χ0n) is 38.1. The monoisotopic (exact) mass is 932 g/mol. The van der Waals surface area contributed by atoms with E-state index in [1.165, 1.54) is 9.80 Å². The molecule has 19 nitrogen and oxygen atoms in total. The van der Waals surface area contributed by atoms with E-state index in [2.05, 4.69) is 10.6 Å². The number of rotatable bonds is 36. The first-order valence-electron chi connectivity index (χ1n) is 22.9. The molecule has 0 radical (unpaired) electrons. The topological polar surface area (TPSA) is 234 Å². The van der Waals surface area contributed by atoms with Gasteiger partial charge in [-0.15, -0.1) is 0 Å². The number of benzene rings is 4. The number of nitrogens with one attached hydrogen (secondary N) is 2. The average Bonchev–Trinajstić information content (AvgIpc) is 3.34. The molecule has 0 saturated heterocycles. The molecule has 4 amide bonds. The largest absolute Gasteiger partial charge is 0.382 e. The molecule has 2 heterocycles. The van der Waals surface area contributed by atoms with Crippen LogP contribution in [-0.2, 0) is 42.6 Å². The molecular formula is C48H64N6O13. The number of hydrogen-bond donors (Lipinski definition) is 4. The number of hydrogen-bond acceptors (Lipinski definition) is 17. The van der Waals surface area contributed by atoms with Gasteiger partial charge < -0.3 is 64.7 Å². The lowest BCUT2D eigenvalue weighted by molar-refractivity contribution is 0.0118. The highest BCUT2D eigenvalue weighted by Crippen LogP contribution is 2.36. The van der Waals surface area contributed by atoms with Crippen molar-refractivity contribution in [3.05, 3.63) is 82.9 Å². The highest BCUT2D eigenvalue weighted by atomic mass is 16.6. The molecule has 0 aliphatic carbocycles. The maximum absolute atomic E-state index is 13.4. The fourth-order valence-corrected chi connectivity index (χ4v) is 7.63. The number of nitrogens with two attached hydrogens (primary N) is 2. The van der Waals surface area contributed by atoms with Crippen LogP contribution in [0.4, 0.5) is 11.4 Å². The molecule has 0 saturated carbocycles. The maximum atomic E-state index is 13.4. The van der Waals surface area contributed by atoms with E-state index >= 15 is 0 Å². The van der Waals surface area contributed by atoms with E-state index in [1.54, 1.807) is 24.3 Å². The molecule has 2 aliphatic heterocycles. The quantitative estimate of drug-likeness (QED) is 0.0379. The van der Waals surface area contributed by atoms with Gasteiger partial charge in [0.2, 0.25) is 0 Å². The molecule has 0 bridgehead atoms. The molecular weight excluding hydrogens is 869 g/mol. The molecule has 19 heteroatoms. The molecule has 2 aliphatic rings. The zero-order chi connectivity index (χ0) is 47.1. The van der Waals surface area contributed by atoms with Crippen molar-refractivity contribution in [3.8, 4) is 0 Å². The third kappa shape index (κ3) is 14.4. The second kappa shape index (κ2) is 28.2. The highest BCUT2D eigenvalue weighted by Gasteiger charge is 2.34. The van der Waals surface area contributed by atoms with Gasteiger partial charge in [0.25, 0.3) is 23.6 Å². The van der Waals surface area contributed by atoms with Crippen molar-refractivity contribution < 1.29 is 61.8 Å². The van der Waals surface area contributed by atoms with E-state index in [9.17, 15) is 19.2 Å². The second-order valence-electron chi connectivity index (χ2n) is 15.2. The minimum atomic E-state index is -0.350. The van der Waals surface area contributed by atoms with Gasteiger partial charge in [-0.3, -0.25) is 29.0 Å². The molecule has 4 aromatic carbocycles. The Bertz CT molecular complexity index is 2030. The number of ether oxygens (including phenoxy) is 9. The summed E-state index contributed by atoms with van der Waals surface area (Å²) in [5.74, 6) is -1.40. The van der Waals surface area contributed by atoms with E-state index < -0.39 is 0 Å². The predicted molar refractivity (Wildman–Crippen MR) is 251 cm³/mol. The van der Waals surface area contributed by atoms with Crippen LogP contribution in [0.3, 0.4) is 0 Å². The molecule has 67 heavy (non-hydrogen) atoms. The van der Waals surface area contributed by atoms with Crippen LogP contribution >= 0.6 is 0 Å². The predicted octanol–water partition coefficient (Wildman–Crippen LogP) is 2.78. The summed E-state index contributed by atoms with van der Waals surface area (Å²) in [6.45, 7) is 9.26. The molecule has 0 atom stereocenters. The Morgan fingerprint density at radius 2 is 0.657 bits per heavy atom. The van der Waals surface area contributed by atoms with E-state index in [1.807, 2.05) is 36.4 Å². The maximum Gasteiger partial charge on any atom is 0.261 e. The Morgan fingerprint density at radius 1 is 0.358 bits per heavy atom. The number of imide groups is 2. The summed E-state index contributed by atoms with van der Waals surface area (Å²) < 4.78 is 49.9. The summed E-state index contributed by atoms with van der Waals surface area (Å²) in [6, 6.07) is 18.1. The van der Waals surface area contributed by atoms with Crippen LogP contribution in [0.2, 0.25) is 0 Å². The van der Waals surface area contributed by atoms with E-state index in [4.69, 9.17) is 54.1 Å². The van der Waals surface area contributed by atoms with Gasteiger partial charge in [-0.25, -0.2) is 0 Å². The first-order chi connectivity index (χ1) is 33.0. The summed E-state index contributed by atoms with van der Waals surface area (Å²) in [4.78, 5) is 56.1. The Hall–Kier alpha value is -5.16. The van der Waals surface area contributed by atoms with Crippen molar-refractivity contribution >= 4 is 56.5 Å². The third-order valence-corrected chi connectivity index (χ3v) is 10.8. The van der Waals surface area contributed by atoms with Gasteiger partial charge in [-0.2, -0.15) is 0 Å². The van der Waals surface area contributed by atoms with Gasteiger partial charge in [0.05, 0.1) is 132 Å². The molecule has 0 spiro atoms. The number of carbonyl (C=O) groups is 4. The van der Waals surface area contributed by atoms with Crippen molar-refractivity contribution in [1.82, 2.24) is 9.80 Å². The average molecular weight is 933 g/mol. The minimum Gasteiger partial charge on any atom is -0.382 e. The van der Waals surface area contributed by atoms with Crippen LogP contribution < -0.4 is 22.1 Å². The first kappa shape index (κ1) is 51.2. The molecule has 0 aromatic heterocycles. The van der Waals surface area contributed by atoms with Crippen LogP contribution in [0.5, 0.6) is 0 Å². The number of carbonyl (C=O) groups excluding carboxylic acids is 4. The van der Waals surface area contributed by atoms with Crippen molar-refractivity contribution in [3.63, 3.8) is 0 Å². The van der Waals surface area contributed by atoms with Gasteiger partial charge >= 0.3 is 0 Å². The summed E-state index contributed by atoms with van der Waals surface area (Å²) in [7, 11) is 0. The van der Waals surface area contributed by atoms with Crippen LogP contribution in [0.25, 0.3) is 21.5 Å². The lowest BCUT2D eigenvalue weighted by atomic mass is 9.93. The fourth-order valence-electron chi connectivity index (χ4n) is 7.63. The molecule has 364 valence electrons. The van der Waals surface area contributed by atoms with Crippen molar-refractivity contribution in [2.45, 2.75) is 0 Å². The van der Waals surface area contributed by atoms with E-state index in [-0.39, 0.29) is 49.9 Å². The highest BCUT2D eigenvalue weighted by molar-refractivity contribution is 6.27. The van der Waals surface area contributed by atoms with Gasteiger partial charge in [-0.05, 0) is 36.4 Å². The minimum absolute atomic E-state index is 0.134. The summed E-state index contributed by atoms with van der Waals surface area (Å²) in [5.41, 5.74) is 14.3. The number of amides is 4. The van der Waals surface area contributed by atoms with Gasteiger partial charge in [-0.1, -0.05) is 24.3 Å². The Labute approximate surface area is 390 Å². The normalized spacial score (nSPS) is 13.5. The Morgan fingerprint density at radius 3 is 1.00 bits per heavy atom. The molecule has 0 unspecified atom stereocenters. The third-order valence-electron chi connectivity index (χ3n) is 10.8. The van der Waals surface area contributed by atoms with Gasteiger partial charge in [0, 0.05) is 81.4 Å². The van der Waals surface area contributed by atoms with Crippen LogP contribution in [-0.4, -0.2) is 192 Å².